The Morgan fingerprint density at radius 1 is 1.38 bits per heavy atom. The van der Waals surface area contributed by atoms with Gasteiger partial charge in [-0.15, -0.1) is 0 Å². The highest BCUT2D eigenvalue weighted by molar-refractivity contribution is 6.44. The highest BCUT2D eigenvalue weighted by Gasteiger charge is 2.23. The van der Waals surface area contributed by atoms with E-state index in [1.807, 2.05) is 0 Å². The molecule has 0 spiro atoms. The minimum Gasteiger partial charge on any atom is -0.481 e. The van der Waals surface area contributed by atoms with Crippen LogP contribution in [0.15, 0.2) is 0 Å². The molecule has 1 atom stereocenters. The maximum atomic E-state index is 5.38. The van der Waals surface area contributed by atoms with E-state index in [1.54, 1.807) is 14.2 Å². The molecule has 0 aromatic carbocycles. The molecule has 1 heterocycles. The zero-order valence-corrected chi connectivity index (χ0v) is 9.48. The third-order valence-corrected chi connectivity index (χ3v) is 3.89. The lowest BCUT2D eigenvalue weighted by Crippen LogP contribution is -2.19. The molecular formula is C8H17AlO4. The molecule has 0 aromatic heterocycles. The fourth-order valence-electron chi connectivity index (χ4n) is 1.06. The molecule has 0 amide bonds. The van der Waals surface area contributed by atoms with Crippen LogP contribution in [0.2, 0.25) is 5.28 Å². The van der Waals surface area contributed by atoms with Crippen LogP contribution in [0.4, 0.5) is 0 Å². The van der Waals surface area contributed by atoms with E-state index in [2.05, 4.69) is 0 Å². The SMILES string of the molecule is C[O][Al]([CH2]CCOCC1CO1)[O]C. The number of epoxide rings is 1. The van der Waals surface area contributed by atoms with Crippen LogP contribution in [-0.4, -0.2) is 55.0 Å². The van der Waals surface area contributed by atoms with Gasteiger partial charge in [0, 0.05) is 20.8 Å². The van der Waals surface area contributed by atoms with E-state index in [0.717, 1.165) is 31.5 Å². The van der Waals surface area contributed by atoms with Crippen molar-refractivity contribution >= 4 is 14.8 Å². The second-order valence-corrected chi connectivity index (χ2v) is 5.45. The highest BCUT2D eigenvalue weighted by atomic mass is 27.2. The molecule has 1 fully saturated rings. The summed E-state index contributed by atoms with van der Waals surface area (Å²) < 4.78 is 20.7. The van der Waals surface area contributed by atoms with Crippen molar-refractivity contribution in [2.24, 2.45) is 0 Å². The van der Waals surface area contributed by atoms with Gasteiger partial charge in [0.05, 0.1) is 13.2 Å². The predicted octanol–water partition coefficient (Wildman–Crippen LogP) is 0.573. The Balaban J connectivity index is 1.81. The molecule has 13 heavy (non-hydrogen) atoms. The second kappa shape index (κ2) is 6.77. The van der Waals surface area contributed by atoms with Crippen LogP contribution in [0.25, 0.3) is 0 Å². The average molecular weight is 204 g/mol. The van der Waals surface area contributed by atoms with E-state index in [0.29, 0.717) is 6.10 Å². The van der Waals surface area contributed by atoms with E-state index < -0.39 is 14.8 Å². The molecule has 1 saturated heterocycles. The van der Waals surface area contributed by atoms with Crippen molar-refractivity contribution < 1.29 is 17.1 Å². The van der Waals surface area contributed by atoms with Gasteiger partial charge in [-0.3, -0.25) is 0 Å². The Labute approximate surface area is 84.2 Å². The van der Waals surface area contributed by atoms with Crippen LogP contribution >= 0.6 is 0 Å². The minimum atomic E-state index is -1.35. The predicted molar refractivity (Wildman–Crippen MR) is 49.8 cm³/mol. The summed E-state index contributed by atoms with van der Waals surface area (Å²) in [6, 6.07) is 0. The first-order valence-electron chi connectivity index (χ1n) is 4.61. The summed E-state index contributed by atoms with van der Waals surface area (Å²) in [6.07, 6.45) is 1.39. The number of hydrogen-bond acceptors (Lipinski definition) is 4. The maximum absolute atomic E-state index is 5.38. The van der Waals surface area contributed by atoms with Gasteiger partial charge >= 0.3 is 14.8 Å². The summed E-state index contributed by atoms with van der Waals surface area (Å²) >= 11 is -1.35. The summed E-state index contributed by atoms with van der Waals surface area (Å²) in [4.78, 5) is 0. The fraction of sp³-hybridized carbons (Fsp3) is 1.00. The van der Waals surface area contributed by atoms with Crippen molar-refractivity contribution in [1.29, 1.82) is 0 Å². The molecule has 5 heteroatoms. The van der Waals surface area contributed by atoms with Crippen LogP contribution in [0.1, 0.15) is 6.42 Å². The summed E-state index contributed by atoms with van der Waals surface area (Å²) in [5.74, 6) is 0. The van der Waals surface area contributed by atoms with Gasteiger partial charge in [-0.05, 0) is 11.7 Å². The molecule has 0 saturated carbocycles. The number of rotatable bonds is 8. The number of hydrogen-bond donors (Lipinski definition) is 0. The standard InChI is InChI=1S/C6H11O2.2CH3O.Al/c1-2-3-7-4-6-5-8-6;2*1-2;/h6H,1-5H2;2*1H3;/q;2*-1;+2. The first-order valence-corrected chi connectivity index (χ1v) is 6.37. The third kappa shape index (κ3) is 5.63. The maximum Gasteiger partial charge on any atom is 0.674 e. The van der Waals surface area contributed by atoms with Crippen molar-refractivity contribution in [3.8, 4) is 0 Å². The van der Waals surface area contributed by atoms with Gasteiger partial charge in [-0.25, -0.2) is 0 Å². The normalized spacial score (nSPS) is 20.3. The first-order chi connectivity index (χ1) is 6.36. The minimum absolute atomic E-state index is 0.373. The second-order valence-electron chi connectivity index (χ2n) is 3.07. The van der Waals surface area contributed by atoms with Gasteiger partial charge in [0.1, 0.15) is 6.10 Å². The van der Waals surface area contributed by atoms with Crippen LogP contribution < -0.4 is 0 Å². The van der Waals surface area contributed by atoms with Gasteiger partial charge in [-0.1, -0.05) is 0 Å². The lowest BCUT2D eigenvalue weighted by Gasteiger charge is -2.06. The first kappa shape index (κ1) is 11.4. The molecule has 1 aliphatic heterocycles. The van der Waals surface area contributed by atoms with Gasteiger partial charge < -0.3 is 17.1 Å². The Hall–Kier alpha value is 0.372. The van der Waals surface area contributed by atoms with E-state index >= 15 is 0 Å². The third-order valence-electron chi connectivity index (χ3n) is 1.96. The summed E-state index contributed by atoms with van der Waals surface area (Å²) in [5, 5.41) is 1.01. The Kier molecular flexibility index (Phi) is 5.96. The van der Waals surface area contributed by atoms with Crippen LogP contribution in [0.5, 0.6) is 0 Å². The smallest absolute Gasteiger partial charge is 0.481 e. The lowest BCUT2D eigenvalue weighted by atomic mass is 10.5. The molecular weight excluding hydrogens is 187 g/mol. The van der Waals surface area contributed by atoms with E-state index in [4.69, 9.17) is 17.1 Å². The molecule has 0 radical (unpaired) electrons. The van der Waals surface area contributed by atoms with Crippen LogP contribution in [-0.2, 0) is 17.1 Å². The largest absolute Gasteiger partial charge is 0.674 e. The van der Waals surface area contributed by atoms with Gasteiger partial charge in [-0.2, -0.15) is 0 Å². The zero-order valence-electron chi connectivity index (χ0n) is 8.32. The van der Waals surface area contributed by atoms with Crippen LogP contribution in [0, 0.1) is 0 Å². The summed E-state index contributed by atoms with van der Waals surface area (Å²) in [7, 11) is 3.42. The van der Waals surface area contributed by atoms with Gasteiger partial charge in [0.2, 0.25) is 0 Å². The Morgan fingerprint density at radius 3 is 2.62 bits per heavy atom. The molecule has 0 bridgehead atoms. The van der Waals surface area contributed by atoms with Crippen molar-refractivity contribution in [2.75, 3.05) is 34.0 Å². The van der Waals surface area contributed by atoms with E-state index in [-0.39, 0.29) is 0 Å². The fourth-order valence-corrected chi connectivity index (χ4v) is 2.23. The molecule has 76 valence electrons. The van der Waals surface area contributed by atoms with Crippen molar-refractivity contribution in [3.05, 3.63) is 0 Å². The van der Waals surface area contributed by atoms with Crippen LogP contribution in [0.3, 0.4) is 0 Å². The molecule has 0 aromatic rings. The Morgan fingerprint density at radius 2 is 2.08 bits per heavy atom. The molecule has 1 aliphatic rings. The topological polar surface area (TPSA) is 40.2 Å². The summed E-state index contributed by atoms with van der Waals surface area (Å²) in [5.41, 5.74) is 0. The molecule has 4 nitrogen and oxygen atoms in total. The number of ether oxygens (including phenoxy) is 2. The quantitative estimate of drug-likeness (QED) is 0.329. The van der Waals surface area contributed by atoms with E-state index in [9.17, 15) is 0 Å². The average Bonchev–Trinajstić information content (AvgIpc) is 2.95. The molecule has 0 N–H and O–H groups in total. The monoisotopic (exact) mass is 204 g/mol. The molecule has 1 unspecified atom stereocenters. The van der Waals surface area contributed by atoms with Gasteiger partial charge in [0.15, 0.2) is 0 Å². The zero-order chi connectivity index (χ0) is 9.52. The van der Waals surface area contributed by atoms with Crippen molar-refractivity contribution in [2.45, 2.75) is 17.8 Å². The summed E-state index contributed by atoms with van der Waals surface area (Å²) in [6.45, 7) is 2.40. The molecule has 0 aliphatic carbocycles. The molecule has 1 rings (SSSR count). The Bertz CT molecular complexity index is 125. The highest BCUT2D eigenvalue weighted by Crippen LogP contribution is 2.09. The van der Waals surface area contributed by atoms with Crippen molar-refractivity contribution in [3.63, 3.8) is 0 Å². The lowest BCUT2D eigenvalue weighted by molar-refractivity contribution is 0.115. The van der Waals surface area contributed by atoms with Gasteiger partial charge in [0.25, 0.3) is 0 Å². The van der Waals surface area contributed by atoms with E-state index in [1.165, 1.54) is 0 Å². The van der Waals surface area contributed by atoms with Crippen molar-refractivity contribution in [1.82, 2.24) is 0 Å².